The van der Waals surface area contributed by atoms with Crippen LogP contribution in [0.3, 0.4) is 0 Å². The smallest absolute Gasteiger partial charge is 0.114 e. The van der Waals surface area contributed by atoms with Crippen LogP contribution >= 0.6 is 11.3 Å². The van der Waals surface area contributed by atoms with Crippen LogP contribution in [0.1, 0.15) is 11.8 Å². The molecule has 10 heavy (non-hydrogen) atoms. The van der Waals surface area contributed by atoms with Gasteiger partial charge in [-0.05, 0) is 19.1 Å². The molecular weight excluding hydrogens is 146 g/mol. The molecule has 1 heterocycles. The molecule has 0 amide bonds. The van der Waals surface area contributed by atoms with Crippen LogP contribution in [-0.2, 0) is 4.84 Å². The molecule has 0 aromatic carbocycles. The van der Waals surface area contributed by atoms with E-state index in [0.717, 1.165) is 4.88 Å². The molecule has 0 aliphatic carbocycles. The number of hydrogen-bond donors (Lipinski definition) is 0. The molecule has 1 radical (unpaired) electrons. The molecule has 0 saturated heterocycles. The average molecular weight is 154 g/mol. The molecule has 2 nitrogen and oxygen atoms in total. The van der Waals surface area contributed by atoms with Crippen molar-refractivity contribution >= 4 is 17.6 Å². The fraction of sp³-hybridized carbons (Fsp3) is 0.286. The summed E-state index contributed by atoms with van der Waals surface area (Å²) in [6, 6.07) is 3.80. The van der Waals surface area contributed by atoms with E-state index in [0.29, 0.717) is 6.61 Å². The van der Waals surface area contributed by atoms with Gasteiger partial charge >= 0.3 is 0 Å². The van der Waals surface area contributed by atoms with Crippen molar-refractivity contribution in [3.8, 4) is 0 Å². The molecule has 0 atom stereocenters. The highest BCUT2D eigenvalue weighted by molar-refractivity contribution is 7.11. The summed E-state index contributed by atoms with van der Waals surface area (Å²) in [5.74, 6) is 0. The molecule has 0 saturated carbocycles. The van der Waals surface area contributed by atoms with Gasteiger partial charge in [-0.15, -0.1) is 11.3 Å². The van der Waals surface area contributed by atoms with E-state index in [1.165, 1.54) is 11.3 Å². The van der Waals surface area contributed by atoms with Crippen LogP contribution in [0.2, 0.25) is 0 Å². The van der Waals surface area contributed by atoms with Crippen molar-refractivity contribution in [1.29, 1.82) is 0 Å². The van der Waals surface area contributed by atoms with Gasteiger partial charge in [0.2, 0.25) is 0 Å². The summed E-state index contributed by atoms with van der Waals surface area (Å²) in [6.45, 7) is 2.52. The van der Waals surface area contributed by atoms with Gasteiger partial charge in [0.15, 0.2) is 0 Å². The lowest BCUT2D eigenvalue weighted by Gasteiger charge is -1.87. The Morgan fingerprint density at radius 2 is 2.80 bits per heavy atom. The van der Waals surface area contributed by atoms with Crippen LogP contribution in [0, 0.1) is 5.38 Å². The fourth-order valence-corrected chi connectivity index (χ4v) is 0.989. The second-order valence-corrected chi connectivity index (χ2v) is 2.52. The number of thiophene rings is 1. The van der Waals surface area contributed by atoms with Crippen LogP contribution in [0.5, 0.6) is 0 Å². The van der Waals surface area contributed by atoms with E-state index in [9.17, 15) is 0 Å². The average Bonchev–Trinajstić information content (AvgIpc) is 2.41. The summed E-state index contributed by atoms with van der Waals surface area (Å²) >= 11 is 1.52. The zero-order chi connectivity index (χ0) is 7.23. The summed E-state index contributed by atoms with van der Waals surface area (Å²) < 4.78 is 0. The van der Waals surface area contributed by atoms with E-state index in [1.54, 1.807) is 6.21 Å². The van der Waals surface area contributed by atoms with E-state index in [4.69, 9.17) is 4.84 Å². The molecule has 0 aliphatic heterocycles. The first-order valence-electron chi connectivity index (χ1n) is 3.04. The van der Waals surface area contributed by atoms with E-state index in [-0.39, 0.29) is 0 Å². The highest BCUT2D eigenvalue weighted by Gasteiger charge is 1.84. The first-order chi connectivity index (χ1) is 4.93. The molecule has 1 aromatic heterocycles. The van der Waals surface area contributed by atoms with Gasteiger partial charge in [-0.1, -0.05) is 5.16 Å². The van der Waals surface area contributed by atoms with Crippen molar-refractivity contribution in [3.63, 3.8) is 0 Å². The first-order valence-corrected chi connectivity index (χ1v) is 3.86. The number of rotatable bonds is 3. The van der Waals surface area contributed by atoms with Crippen molar-refractivity contribution in [2.24, 2.45) is 5.16 Å². The van der Waals surface area contributed by atoms with Gasteiger partial charge in [0.05, 0.1) is 6.21 Å². The Hall–Kier alpha value is -0.830. The molecule has 0 fully saturated rings. The Morgan fingerprint density at radius 3 is 3.40 bits per heavy atom. The Bertz CT molecular complexity index is 193. The predicted octanol–water partition coefficient (Wildman–Crippen LogP) is 1.92. The van der Waals surface area contributed by atoms with Crippen molar-refractivity contribution in [2.45, 2.75) is 6.92 Å². The lowest BCUT2D eigenvalue weighted by Crippen LogP contribution is -1.79. The third-order valence-electron chi connectivity index (χ3n) is 0.876. The largest absolute Gasteiger partial charge is 0.396 e. The minimum absolute atomic E-state index is 0.617. The van der Waals surface area contributed by atoms with E-state index >= 15 is 0 Å². The van der Waals surface area contributed by atoms with Crippen LogP contribution in [-0.4, -0.2) is 12.8 Å². The van der Waals surface area contributed by atoms with Crippen LogP contribution < -0.4 is 0 Å². The van der Waals surface area contributed by atoms with Gasteiger partial charge in [-0.2, -0.15) is 0 Å². The normalized spacial score (nSPS) is 10.5. The lowest BCUT2D eigenvalue weighted by molar-refractivity contribution is 0.160. The van der Waals surface area contributed by atoms with Gasteiger partial charge in [0.25, 0.3) is 0 Å². The van der Waals surface area contributed by atoms with Gasteiger partial charge in [-0.3, -0.25) is 0 Å². The van der Waals surface area contributed by atoms with Crippen molar-refractivity contribution in [1.82, 2.24) is 0 Å². The van der Waals surface area contributed by atoms with Crippen molar-refractivity contribution in [3.05, 3.63) is 22.4 Å². The Balaban J connectivity index is 2.40. The molecule has 53 valence electrons. The monoisotopic (exact) mass is 154 g/mol. The number of nitrogens with zero attached hydrogens (tertiary/aromatic N) is 1. The van der Waals surface area contributed by atoms with Gasteiger partial charge in [0, 0.05) is 10.3 Å². The maximum Gasteiger partial charge on any atom is 0.114 e. The number of oxime groups is 1. The highest BCUT2D eigenvalue weighted by atomic mass is 32.1. The molecule has 0 N–H and O–H groups in total. The van der Waals surface area contributed by atoms with E-state index < -0.39 is 0 Å². The third kappa shape index (κ3) is 2.19. The molecule has 0 unspecified atom stereocenters. The molecular formula is C7H8NOS. The Labute approximate surface area is 64.1 Å². The van der Waals surface area contributed by atoms with E-state index in [1.807, 2.05) is 19.1 Å². The lowest BCUT2D eigenvalue weighted by atomic mass is 10.5. The topological polar surface area (TPSA) is 21.6 Å². The molecule has 0 bridgehead atoms. The molecule has 3 heteroatoms. The summed E-state index contributed by atoms with van der Waals surface area (Å²) in [5.41, 5.74) is 0. The number of hydrogen-bond acceptors (Lipinski definition) is 3. The highest BCUT2D eigenvalue weighted by Crippen LogP contribution is 2.03. The summed E-state index contributed by atoms with van der Waals surface area (Å²) in [7, 11) is 0. The standard InChI is InChI=1S/C7H8NOS/c1-2-9-8-6-7-4-3-5-10-7/h3-4,6H,2H2,1H3. The van der Waals surface area contributed by atoms with Crippen molar-refractivity contribution in [2.75, 3.05) is 6.61 Å². The second kappa shape index (κ2) is 4.06. The minimum Gasteiger partial charge on any atom is -0.396 e. The zero-order valence-electron chi connectivity index (χ0n) is 5.70. The zero-order valence-corrected chi connectivity index (χ0v) is 6.52. The molecule has 0 spiro atoms. The minimum atomic E-state index is 0.617. The summed E-state index contributed by atoms with van der Waals surface area (Å²) in [6.07, 6.45) is 1.69. The SMILES string of the molecule is CCON=Cc1cc[c]s1. The third-order valence-corrected chi connectivity index (χ3v) is 1.61. The Morgan fingerprint density at radius 1 is 1.90 bits per heavy atom. The maximum atomic E-state index is 4.77. The van der Waals surface area contributed by atoms with Gasteiger partial charge < -0.3 is 4.84 Å². The quantitative estimate of drug-likeness (QED) is 0.481. The van der Waals surface area contributed by atoms with Crippen LogP contribution in [0.25, 0.3) is 0 Å². The predicted molar refractivity (Wildman–Crippen MR) is 42.4 cm³/mol. The Kier molecular flexibility index (Phi) is 2.96. The maximum absolute atomic E-state index is 4.77. The van der Waals surface area contributed by atoms with Crippen LogP contribution in [0.4, 0.5) is 0 Å². The van der Waals surface area contributed by atoms with E-state index in [2.05, 4.69) is 10.5 Å². The molecule has 1 aromatic rings. The first kappa shape index (κ1) is 7.28. The molecule has 0 aliphatic rings. The summed E-state index contributed by atoms with van der Waals surface area (Å²) in [4.78, 5) is 5.83. The summed E-state index contributed by atoms with van der Waals surface area (Å²) in [5, 5.41) is 6.65. The second-order valence-electron chi connectivity index (χ2n) is 1.61. The van der Waals surface area contributed by atoms with Crippen molar-refractivity contribution < 1.29 is 4.84 Å². The molecule has 1 rings (SSSR count). The van der Waals surface area contributed by atoms with Gasteiger partial charge in [-0.25, -0.2) is 0 Å². The van der Waals surface area contributed by atoms with Crippen LogP contribution in [0.15, 0.2) is 17.3 Å². The fourth-order valence-electron chi connectivity index (χ4n) is 0.485. The van der Waals surface area contributed by atoms with Gasteiger partial charge in [0.1, 0.15) is 6.61 Å².